The van der Waals surface area contributed by atoms with Crippen molar-refractivity contribution in [2.24, 2.45) is 7.05 Å². The number of nitrogen functional groups attached to an aromatic ring is 1. The van der Waals surface area contributed by atoms with Gasteiger partial charge in [-0.25, -0.2) is 4.39 Å². The molecule has 0 radical (unpaired) electrons. The zero-order valence-corrected chi connectivity index (χ0v) is 10.4. The highest BCUT2D eigenvalue weighted by Crippen LogP contribution is 2.33. The van der Waals surface area contributed by atoms with E-state index >= 15 is 0 Å². The first-order valence-corrected chi connectivity index (χ1v) is 5.28. The highest BCUT2D eigenvalue weighted by atomic mass is 19.1. The number of ether oxygens (including phenoxy) is 2. The molecular weight excluding hydrogens is 237 g/mol. The molecule has 0 aliphatic rings. The molecule has 0 fully saturated rings. The van der Waals surface area contributed by atoms with Gasteiger partial charge in [0, 0.05) is 24.7 Å². The minimum atomic E-state index is -0.489. The summed E-state index contributed by atoms with van der Waals surface area (Å²) >= 11 is 0. The zero-order valence-electron chi connectivity index (χ0n) is 10.4. The van der Waals surface area contributed by atoms with Gasteiger partial charge in [0.15, 0.2) is 11.6 Å². The van der Waals surface area contributed by atoms with E-state index in [0.717, 1.165) is 0 Å². The molecule has 1 aromatic carbocycles. The molecule has 0 atom stereocenters. The third-order valence-electron chi connectivity index (χ3n) is 2.66. The van der Waals surface area contributed by atoms with Gasteiger partial charge in [0.1, 0.15) is 11.6 Å². The molecule has 0 aliphatic heterocycles. The Kier molecular flexibility index (Phi) is 3.10. The van der Waals surface area contributed by atoms with E-state index in [1.807, 2.05) is 0 Å². The molecule has 2 rings (SSSR count). The van der Waals surface area contributed by atoms with Crippen LogP contribution in [0.5, 0.6) is 11.5 Å². The summed E-state index contributed by atoms with van der Waals surface area (Å²) in [5.74, 6) is 0.559. The fourth-order valence-electron chi connectivity index (χ4n) is 1.64. The molecule has 5 nitrogen and oxygen atoms in total. The topological polar surface area (TPSA) is 62.3 Å². The Morgan fingerprint density at radius 3 is 2.44 bits per heavy atom. The standard InChI is InChI=1S/C12H14FN3O2/c1-16-11(14)6-9(15-16)8-4-7(17-2)5-10(18-3)12(8)13/h4-6H,14H2,1-3H3. The van der Waals surface area contributed by atoms with E-state index in [1.165, 1.54) is 25.0 Å². The monoisotopic (exact) mass is 251 g/mol. The highest BCUT2D eigenvalue weighted by molar-refractivity contribution is 5.67. The van der Waals surface area contributed by atoms with Gasteiger partial charge in [-0.2, -0.15) is 5.10 Å². The summed E-state index contributed by atoms with van der Waals surface area (Å²) in [6.45, 7) is 0. The van der Waals surface area contributed by atoms with Crippen LogP contribution in [0.2, 0.25) is 0 Å². The maximum Gasteiger partial charge on any atom is 0.174 e. The second-order valence-corrected chi connectivity index (χ2v) is 3.77. The van der Waals surface area contributed by atoms with Gasteiger partial charge in [-0.15, -0.1) is 0 Å². The first-order valence-electron chi connectivity index (χ1n) is 5.28. The minimum Gasteiger partial charge on any atom is -0.497 e. The van der Waals surface area contributed by atoms with Crippen molar-refractivity contribution < 1.29 is 13.9 Å². The van der Waals surface area contributed by atoms with Crippen molar-refractivity contribution in [2.75, 3.05) is 20.0 Å². The molecule has 96 valence electrons. The van der Waals surface area contributed by atoms with E-state index < -0.39 is 5.82 Å². The van der Waals surface area contributed by atoms with Crippen LogP contribution in [0.25, 0.3) is 11.3 Å². The van der Waals surface area contributed by atoms with Crippen LogP contribution in [-0.2, 0) is 7.05 Å². The van der Waals surface area contributed by atoms with E-state index in [0.29, 0.717) is 22.8 Å². The summed E-state index contributed by atoms with van der Waals surface area (Å²) in [4.78, 5) is 0. The number of nitrogens with two attached hydrogens (primary N) is 1. The van der Waals surface area contributed by atoms with Crippen molar-refractivity contribution in [3.63, 3.8) is 0 Å². The van der Waals surface area contributed by atoms with Gasteiger partial charge >= 0.3 is 0 Å². The third-order valence-corrected chi connectivity index (χ3v) is 2.66. The lowest BCUT2D eigenvalue weighted by Gasteiger charge is -2.08. The molecule has 0 spiro atoms. The Labute approximate surface area is 104 Å². The Morgan fingerprint density at radius 1 is 1.22 bits per heavy atom. The number of nitrogens with zero attached hydrogens (tertiary/aromatic N) is 2. The van der Waals surface area contributed by atoms with Crippen molar-refractivity contribution in [3.05, 3.63) is 24.0 Å². The molecular formula is C12H14FN3O2. The minimum absolute atomic E-state index is 0.105. The van der Waals surface area contributed by atoms with E-state index in [1.54, 1.807) is 19.2 Å². The van der Waals surface area contributed by atoms with Crippen LogP contribution in [0.15, 0.2) is 18.2 Å². The molecule has 1 heterocycles. The molecule has 0 saturated carbocycles. The first-order chi connectivity index (χ1) is 8.56. The largest absolute Gasteiger partial charge is 0.497 e. The lowest BCUT2D eigenvalue weighted by Crippen LogP contribution is -1.97. The van der Waals surface area contributed by atoms with Gasteiger partial charge < -0.3 is 15.2 Å². The Morgan fingerprint density at radius 2 is 1.94 bits per heavy atom. The van der Waals surface area contributed by atoms with E-state index in [-0.39, 0.29) is 5.75 Å². The number of benzene rings is 1. The highest BCUT2D eigenvalue weighted by Gasteiger charge is 2.16. The third kappa shape index (κ3) is 1.97. The molecule has 6 heteroatoms. The second-order valence-electron chi connectivity index (χ2n) is 3.77. The summed E-state index contributed by atoms with van der Waals surface area (Å²) in [6, 6.07) is 4.63. The van der Waals surface area contributed by atoms with Crippen LogP contribution in [0.1, 0.15) is 0 Å². The van der Waals surface area contributed by atoms with Gasteiger partial charge in [-0.05, 0) is 6.07 Å². The van der Waals surface area contributed by atoms with Crippen LogP contribution in [-0.4, -0.2) is 24.0 Å². The number of aromatic nitrogens is 2. The van der Waals surface area contributed by atoms with Gasteiger partial charge in [0.05, 0.1) is 19.9 Å². The molecule has 0 amide bonds. The first kappa shape index (κ1) is 12.2. The fourth-order valence-corrected chi connectivity index (χ4v) is 1.64. The number of rotatable bonds is 3. The number of methoxy groups -OCH3 is 2. The average molecular weight is 251 g/mol. The maximum atomic E-state index is 14.1. The number of halogens is 1. The molecule has 0 saturated heterocycles. The van der Waals surface area contributed by atoms with Crippen molar-refractivity contribution in [3.8, 4) is 22.8 Å². The Balaban J connectivity index is 2.62. The van der Waals surface area contributed by atoms with Crippen molar-refractivity contribution in [2.45, 2.75) is 0 Å². The van der Waals surface area contributed by atoms with Crippen molar-refractivity contribution in [1.82, 2.24) is 9.78 Å². The van der Waals surface area contributed by atoms with Gasteiger partial charge in [0.25, 0.3) is 0 Å². The van der Waals surface area contributed by atoms with Crippen LogP contribution >= 0.6 is 0 Å². The number of hydrogen-bond donors (Lipinski definition) is 1. The van der Waals surface area contributed by atoms with Crippen LogP contribution < -0.4 is 15.2 Å². The van der Waals surface area contributed by atoms with Gasteiger partial charge in [0.2, 0.25) is 0 Å². The lowest BCUT2D eigenvalue weighted by atomic mass is 10.1. The van der Waals surface area contributed by atoms with Gasteiger partial charge in [-0.3, -0.25) is 4.68 Å². The SMILES string of the molecule is COc1cc(OC)c(F)c(-c2cc(N)n(C)n2)c1. The Hall–Kier alpha value is -2.24. The van der Waals surface area contributed by atoms with Gasteiger partial charge in [-0.1, -0.05) is 0 Å². The molecule has 0 aliphatic carbocycles. The van der Waals surface area contributed by atoms with Crippen LogP contribution in [0.4, 0.5) is 10.2 Å². The number of hydrogen-bond acceptors (Lipinski definition) is 4. The second kappa shape index (κ2) is 4.56. The number of aryl methyl sites for hydroxylation is 1. The maximum absolute atomic E-state index is 14.1. The molecule has 1 aromatic heterocycles. The lowest BCUT2D eigenvalue weighted by molar-refractivity contribution is 0.374. The quantitative estimate of drug-likeness (QED) is 0.903. The molecule has 2 N–H and O–H groups in total. The summed E-state index contributed by atoms with van der Waals surface area (Å²) in [7, 11) is 4.59. The predicted molar refractivity (Wildman–Crippen MR) is 66.1 cm³/mol. The zero-order chi connectivity index (χ0) is 13.3. The number of anilines is 1. The van der Waals surface area contributed by atoms with Crippen LogP contribution in [0, 0.1) is 5.82 Å². The van der Waals surface area contributed by atoms with E-state index in [4.69, 9.17) is 15.2 Å². The Bertz CT molecular complexity index is 561. The molecule has 0 bridgehead atoms. The predicted octanol–water partition coefficient (Wildman–Crippen LogP) is 1.83. The molecule has 18 heavy (non-hydrogen) atoms. The molecule has 2 aromatic rings. The summed E-state index contributed by atoms with van der Waals surface area (Å²) in [5.41, 5.74) is 6.41. The fraction of sp³-hybridized carbons (Fsp3) is 0.250. The molecule has 0 unspecified atom stereocenters. The van der Waals surface area contributed by atoms with Crippen molar-refractivity contribution in [1.29, 1.82) is 0 Å². The smallest absolute Gasteiger partial charge is 0.174 e. The average Bonchev–Trinajstić information content (AvgIpc) is 2.69. The van der Waals surface area contributed by atoms with Crippen LogP contribution in [0.3, 0.4) is 0 Å². The van der Waals surface area contributed by atoms with E-state index in [2.05, 4.69) is 5.10 Å². The van der Waals surface area contributed by atoms with Crippen molar-refractivity contribution >= 4 is 5.82 Å². The summed E-state index contributed by atoms with van der Waals surface area (Å²) in [5, 5.41) is 4.13. The summed E-state index contributed by atoms with van der Waals surface area (Å²) < 4.78 is 25.7. The normalized spacial score (nSPS) is 10.4. The summed E-state index contributed by atoms with van der Waals surface area (Å²) in [6.07, 6.45) is 0. The van der Waals surface area contributed by atoms with E-state index in [9.17, 15) is 4.39 Å².